The first kappa shape index (κ1) is 14.2. The van der Waals surface area contributed by atoms with Crippen molar-refractivity contribution >= 4 is 28.9 Å². The van der Waals surface area contributed by atoms with Crippen molar-refractivity contribution in [2.75, 3.05) is 12.3 Å². The van der Waals surface area contributed by atoms with Gasteiger partial charge in [-0.25, -0.2) is 4.98 Å². The molecule has 4 nitrogen and oxygen atoms in total. The predicted octanol–water partition coefficient (Wildman–Crippen LogP) is 4.37. The maximum absolute atomic E-state index is 5.89. The summed E-state index contributed by atoms with van der Waals surface area (Å²) in [7, 11) is 0. The molecule has 1 heterocycles. The van der Waals surface area contributed by atoms with Crippen LogP contribution in [0.5, 0.6) is 5.75 Å². The summed E-state index contributed by atoms with van der Waals surface area (Å²) in [5.74, 6) is 1.38. The van der Waals surface area contributed by atoms with E-state index in [0.29, 0.717) is 29.3 Å². The Bertz CT molecular complexity index is 806. The van der Waals surface area contributed by atoms with Crippen LogP contribution in [0.25, 0.3) is 23.3 Å². The molecule has 0 radical (unpaired) electrons. The maximum Gasteiger partial charge on any atom is 0.220 e. The Morgan fingerprint density at radius 3 is 2.82 bits per heavy atom. The number of para-hydroxylation sites is 2. The van der Waals surface area contributed by atoms with E-state index in [1.165, 1.54) is 0 Å². The molecule has 0 atom stereocenters. The minimum atomic E-state index is 0.526. The first-order valence-corrected chi connectivity index (χ1v) is 7.33. The van der Waals surface area contributed by atoms with Crippen LogP contribution in [0, 0.1) is 0 Å². The van der Waals surface area contributed by atoms with Crippen LogP contribution in [-0.2, 0) is 0 Å². The van der Waals surface area contributed by atoms with Crippen LogP contribution in [0.2, 0.25) is 0 Å². The van der Waals surface area contributed by atoms with E-state index >= 15 is 0 Å². The van der Waals surface area contributed by atoms with Crippen LogP contribution in [0.4, 0.5) is 5.69 Å². The molecular formula is C18H18N2O2. The molecule has 1 aromatic heterocycles. The third-order valence-electron chi connectivity index (χ3n) is 3.25. The molecule has 0 aliphatic heterocycles. The van der Waals surface area contributed by atoms with E-state index in [1.54, 1.807) is 0 Å². The number of nitrogens with zero attached hydrogens (tertiary/aromatic N) is 1. The summed E-state index contributed by atoms with van der Waals surface area (Å²) in [5.41, 5.74) is 8.88. The number of benzene rings is 2. The van der Waals surface area contributed by atoms with Crippen LogP contribution in [-0.4, -0.2) is 11.6 Å². The van der Waals surface area contributed by atoms with Crippen LogP contribution < -0.4 is 10.5 Å². The zero-order valence-corrected chi connectivity index (χ0v) is 12.5. The van der Waals surface area contributed by atoms with E-state index in [4.69, 9.17) is 14.9 Å². The molecule has 0 saturated heterocycles. The van der Waals surface area contributed by atoms with Gasteiger partial charge in [0.2, 0.25) is 5.89 Å². The van der Waals surface area contributed by atoms with Crippen molar-refractivity contribution in [2.45, 2.75) is 13.3 Å². The van der Waals surface area contributed by atoms with Gasteiger partial charge in [0.1, 0.15) is 11.3 Å². The van der Waals surface area contributed by atoms with Gasteiger partial charge >= 0.3 is 0 Å². The first-order chi connectivity index (χ1) is 10.8. The minimum Gasteiger partial charge on any atom is -0.493 e. The minimum absolute atomic E-state index is 0.526. The molecular weight excluding hydrogens is 276 g/mol. The molecule has 0 aliphatic rings. The number of nitrogens with two attached hydrogens (primary N) is 1. The Balaban J connectivity index is 1.88. The Labute approximate surface area is 129 Å². The van der Waals surface area contributed by atoms with E-state index in [0.717, 1.165) is 17.7 Å². The molecule has 112 valence electrons. The van der Waals surface area contributed by atoms with Gasteiger partial charge in [-0.15, -0.1) is 0 Å². The van der Waals surface area contributed by atoms with Gasteiger partial charge in [-0.2, -0.15) is 0 Å². The predicted molar refractivity (Wildman–Crippen MR) is 89.6 cm³/mol. The van der Waals surface area contributed by atoms with Crippen molar-refractivity contribution in [3.8, 4) is 5.75 Å². The molecule has 4 heteroatoms. The van der Waals surface area contributed by atoms with E-state index < -0.39 is 0 Å². The highest BCUT2D eigenvalue weighted by molar-refractivity contribution is 5.86. The second-order valence-corrected chi connectivity index (χ2v) is 4.97. The Kier molecular flexibility index (Phi) is 4.10. The lowest BCUT2D eigenvalue weighted by atomic mass is 10.2. The van der Waals surface area contributed by atoms with Crippen LogP contribution in [0.15, 0.2) is 46.9 Å². The summed E-state index contributed by atoms with van der Waals surface area (Å²) in [6.07, 6.45) is 4.74. The summed E-state index contributed by atoms with van der Waals surface area (Å²) >= 11 is 0. The number of hydrogen-bond acceptors (Lipinski definition) is 4. The molecule has 0 unspecified atom stereocenters. The number of nitrogen functional groups attached to an aromatic ring is 1. The number of anilines is 1. The van der Waals surface area contributed by atoms with Gasteiger partial charge in [0, 0.05) is 11.6 Å². The molecule has 0 amide bonds. The summed E-state index contributed by atoms with van der Waals surface area (Å²) in [5, 5.41) is 0. The first-order valence-electron chi connectivity index (χ1n) is 7.33. The number of fused-ring (bicyclic) bond motifs is 1. The van der Waals surface area contributed by atoms with Crippen LogP contribution >= 0.6 is 0 Å². The Hall–Kier alpha value is -2.75. The van der Waals surface area contributed by atoms with E-state index in [1.807, 2.05) is 54.6 Å². The third-order valence-corrected chi connectivity index (χ3v) is 3.25. The van der Waals surface area contributed by atoms with Gasteiger partial charge in [0.05, 0.1) is 12.3 Å². The molecule has 0 spiro atoms. The maximum atomic E-state index is 5.89. The monoisotopic (exact) mass is 294 g/mol. The lowest BCUT2D eigenvalue weighted by Gasteiger charge is -2.07. The fourth-order valence-corrected chi connectivity index (χ4v) is 2.18. The normalized spacial score (nSPS) is 11.3. The molecule has 2 N–H and O–H groups in total. The van der Waals surface area contributed by atoms with Crippen molar-refractivity contribution in [1.29, 1.82) is 0 Å². The summed E-state index contributed by atoms with van der Waals surface area (Å²) in [6.45, 7) is 2.78. The second-order valence-electron chi connectivity index (χ2n) is 4.97. The molecule has 3 aromatic rings. The molecule has 0 saturated carbocycles. The molecule has 0 aliphatic carbocycles. The SMILES string of the molecule is CCCOc1ccccc1/C=C\c1nc2c(N)cccc2o1. The van der Waals surface area contributed by atoms with Crippen molar-refractivity contribution < 1.29 is 9.15 Å². The fourth-order valence-electron chi connectivity index (χ4n) is 2.18. The zero-order chi connectivity index (χ0) is 15.4. The van der Waals surface area contributed by atoms with Crippen molar-refractivity contribution in [3.05, 3.63) is 53.9 Å². The number of ether oxygens (including phenoxy) is 1. The van der Waals surface area contributed by atoms with E-state index in [2.05, 4.69) is 11.9 Å². The Morgan fingerprint density at radius 2 is 2.00 bits per heavy atom. The average molecular weight is 294 g/mol. The van der Waals surface area contributed by atoms with Gasteiger partial charge in [-0.3, -0.25) is 0 Å². The molecule has 0 fully saturated rings. The summed E-state index contributed by atoms with van der Waals surface area (Å²) < 4.78 is 11.4. The van der Waals surface area contributed by atoms with Crippen molar-refractivity contribution in [3.63, 3.8) is 0 Å². The van der Waals surface area contributed by atoms with E-state index in [9.17, 15) is 0 Å². The molecule has 22 heavy (non-hydrogen) atoms. The average Bonchev–Trinajstić information content (AvgIpc) is 2.96. The molecule has 0 bridgehead atoms. The third kappa shape index (κ3) is 2.96. The highest BCUT2D eigenvalue weighted by Crippen LogP contribution is 2.24. The molecule has 2 aromatic carbocycles. The van der Waals surface area contributed by atoms with Crippen LogP contribution in [0.3, 0.4) is 0 Å². The standard InChI is InChI=1S/C18H18N2O2/c1-2-12-21-15-8-4-3-6-13(15)10-11-17-20-18-14(19)7-5-9-16(18)22-17/h3-11H,2,12,19H2,1H3/b11-10-. The fraction of sp³-hybridized carbons (Fsp3) is 0.167. The number of hydrogen-bond donors (Lipinski definition) is 1. The largest absolute Gasteiger partial charge is 0.493 e. The number of aromatic nitrogens is 1. The van der Waals surface area contributed by atoms with Gasteiger partial charge in [0.15, 0.2) is 5.58 Å². The van der Waals surface area contributed by atoms with Crippen molar-refractivity contribution in [1.82, 2.24) is 4.98 Å². The smallest absolute Gasteiger partial charge is 0.220 e. The number of oxazole rings is 1. The summed E-state index contributed by atoms with van der Waals surface area (Å²) in [4.78, 5) is 4.40. The topological polar surface area (TPSA) is 61.3 Å². The van der Waals surface area contributed by atoms with Gasteiger partial charge in [-0.1, -0.05) is 31.2 Å². The Morgan fingerprint density at radius 1 is 1.14 bits per heavy atom. The van der Waals surface area contributed by atoms with Crippen LogP contribution in [0.1, 0.15) is 24.8 Å². The van der Waals surface area contributed by atoms with E-state index in [-0.39, 0.29) is 0 Å². The van der Waals surface area contributed by atoms with Crippen molar-refractivity contribution in [2.24, 2.45) is 0 Å². The van der Waals surface area contributed by atoms with Gasteiger partial charge in [0.25, 0.3) is 0 Å². The highest BCUT2D eigenvalue weighted by atomic mass is 16.5. The highest BCUT2D eigenvalue weighted by Gasteiger charge is 2.06. The summed E-state index contributed by atoms with van der Waals surface area (Å²) in [6, 6.07) is 13.4. The molecule has 3 rings (SSSR count). The second kappa shape index (κ2) is 6.35. The zero-order valence-electron chi connectivity index (χ0n) is 12.5. The van der Waals surface area contributed by atoms with Gasteiger partial charge < -0.3 is 14.9 Å². The lowest BCUT2D eigenvalue weighted by Crippen LogP contribution is -1.96. The van der Waals surface area contributed by atoms with Gasteiger partial charge in [-0.05, 0) is 30.7 Å². The lowest BCUT2D eigenvalue weighted by molar-refractivity contribution is 0.317. The quantitative estimate of drug-likeness (QED) is 0.710. The number of rotatable bonds is 5.